The average Bonchev–Trinajstić information content (AvgIpc) is 2.84. The molecule has 34 heavy (non-hydrogen) atoms. The van der Waals surface area contributed by atoms with Gasteiger partial charge in [0.2, 0.25) is 0 Å². The van der Waals surface area contributed by atoms with E-state index < -0.39 is 24.0 Å². The molecule has 0 fully saturated rings. The first-order chi connectivity index (χ1) is 16.3. The van der Waals surface area contributed by atoms with Crippen molar-refractivity contribution in [1.29, 1.82) is 0 Å². The van der Waals surface area contributed by atoms with E-state index in [0.717, 1.165) is 31.4 Å². The van der Waals surface area contributed by atoms with Crippen molar-refractivity contribution >= 4 is 11.9 Å². The van der Waals surface area contributed by atoms with Crippen molar-refractivity contribution < 1.29 is 28.9 Å². The van der Waals surface area contributed by atoms with Crippen molar-refractivity contribution in [3.05, 3.63) is 48.3 Å². The molecule has 8 nitrogen and oxygen atoms in total. The number of hydrogen-bond donors (Lipinski definition) is 2. The van der Waals surface area contributed by atoms with Crippen LogP contribution in [-0.2, 0) is 9.53 Å². The Morgan fingerprint density at radius 3 is 2.44 bits per heavy atom. The molecule has 1 aromatic heterocycles. The summed E-state index contributed by atoms with van der Waals surface area (Å²) in [7, 11) is 1.37. The summed E-state index contributed by atoms with van der Waals surface area (Å²) in [5.41, 5.74) is -0.227. The van der Waals surface area contributed by atoms with Gasteiger partial charge in [0.1, 0.15) is 24.0 Å². The zero-order valence-corrected chi connectivity index (χ0v) is 20.6. The molecule has 1 amide bonds. The molecule has 8 heteroatoms. The van der Waals surface area contributed by atoms with Gasteiger partial charge in [0.25, 0.3) is 5.91 Å². The predicted molar refractivity (Wildman–Crippen MR) is 129 cm³/mol. The van der Waals surface area contributed by atoms with E-state index in [-0.39, 0.29) is 29.2 Å². The number of para-hydroxylation sites is 1. The number of amides is 1. The van der Waals surface area contributed by atoms with E-state index in [2.05, 4.69) is 24.1 Å². The Morgan fingerprint density at radius 2 is 1.82 bits per heavy atom. The molecule has 1 aromatic carbocycles. The Morgan fingerprint density at radius 1 is 1.12 bits per heavy atom. The third-order valence-electron chi connectivity index (χ3n) is 5.73. The molecular formula is C26H36N2O6. The molecular weight excluding hydrogens is 436 g/mol. The normalized spacial score (nSPS) is 14.4. The number of unbranched alkanes of at least 4 members (excludes halogenated alkanes) is 1. The Balaban J connectivity index is 2.06. The van der Waals surface area contributed by atoms with Gasteiger partial charge in [0, 0.05) is 18.2 Å². The summed E-state index contributed by atoms with van der Waals surface area (Å²) in [4.78, 5) is 29.2. The van der Waals surface area contributed by atoms with E-state index in [9.17, 15) is 14.7 Å². The van der Waals surface area contributed by atoms with E-state index in [0.29, 0.717) is 0 Å². The second-order valence-corrected chi connectivity index (χ2v) is 8.23. The van der Waals surface area contributed by atoms with Crippen molar-refractivity contribution in [2.24, 2.45) is 5.92 Å². The second-order valence-electron chi connectivity index (χ2n) is 8.23. The molecule has 2 N–H and O–H groups in total. The van der Waals surface area contributed by atoms with Gasteiger partial charge >= 0.3 is 5.97 Å². The minimum absolute atomic E-state index is 0.0129. The number of carbonyl (C=O) groups is 2. The van der Waals surface area contributed by atoms with Crippen LogP contribution in [0.1, 0.15) is 63.9 Å². The van der Waals surface area contributed by atoms with Crippen molar-refractivity contribution in [2.45, 2.75) is 71.6 Å². The molecule has 0 aliphatic carbocycles. The van der Waals surface area contributed by atoms with Gasteiger partial charge in [0.05, 0.1) is 7.11 Å². The zero-order valence-electron chi connectivity index (χ0n) is 20.6. The molecule has 2 rings (SSSR count). The molecule has 0 aliphatic heterocycles. The molecule has 0 bridgehead atoms. The number of benzene rings is 1. The molecule has 0 spiro atoms. The Kier molecular flexibility index (Phi) is 10.6. The number of esters is 1. The zero-order chi connectivity index (χ0) is 25.1. The number of methoxy groups -OCH3 is 1. The van der Waals surface area contributed by atoms with Crippen LogP contribution in [0.15, 0.2) is 42.6 Å². The van der Waals surface area contributed by atoms with E-state index in [1.165, 1.54) is 26.3 Å². The molecule has 186 valence electrons. The molecule has 0 radical (unpaired) electrons. The van der Waals surface area contributed by atoms with Gasteiger partial charge < -0.3 is 24.6 Å². The van der Waals surface area contributed by atoms with Crippen molar-refractivity contribution in [1.82, 2.24) is 10.3 Å². The first-order valence-electron chi connectivity index (χ1n) is 11.8. The first kappa shape index (κ1) is 27.0. The van der Waals surface area contributed by atoms with Crippen LogP contribution >= 0.6 is 0 Å². The summed E-state index contributed by atoms with van der Waals surface area (Å²) < 4.78 is 17.0. The molecule has 1 heterocycles. The summed E-state index contributed by atoms with van der Waals surface area (Å²) >= 11 is 0. The van der Waals surface area contributed by atoms with Gasteiger partial charge in [-0.2, -0.15) is 0 Å². The minimum Gasteiger partial charge on any atom is -0.503 e. The molecule has 0 saturated heterocycles. The lowest BCUT2D eigenvalue weighted by atomic mass is 9.89. The van der Waals surface area contributed by atoms with Crippen molar-refractivity contribution in [3.8, 4) is 17.2 Å². The van der Waals surface area contributed by atoms with Crippen LogP contribution in [0.25, 0.3) is 0 Å². The van der Waals surface area contributed by atoms with Gasteiger partial charge in [-0.25, -0.2) is 9.78 Å². The van der Waals surface area contributed by atoms with Gasteiger partial charge in [-0.1, -0.05) is 44.9 Å². The lowest BCUT2D eigenvalue weighted by molar-refractivity contribution is -0.154. The average molecular weight is 473 g/mol. The number of hydrogen-bond acceptors (Lipinski definition) is 7. The summed E-state index contributed by atoms with van der Waals surface area (Å²) in [6.07, 6.45) is 4.40. The number of nitrogens with one attached hydrogen (secondary N) is 1. The quantitative estimate of drug-likeness (QED) is 0.413. The van der Waals surface area contributed by atoms with E-state index in [4.69, 9.17) is 14.2 Å². The lowest BCUT2D eigenvalue weighted by Crippen LogP contribution is -2.43. The van der Waals surface area contributed by atoms with E-state index >= 15 is 0 Å². The summed E-state index contributed by atoms with van der Waals surface area (Å²) in [5.74, 6) is -0.775. The smallest absolute Gasteiger partial charge is 0.328 e. The number of rotatable bonds is 13. The number of aromatic hydroxyl groups is 1. The fourth-order valence-corrected chi connectivity index (χ4v) is 3.77. The van der Waals surface area contributed by atoms with Crippen molar-refractivity contribution in [3.63, 3.8) is 0 Å². The molecule has 4 atom stereocenters. The Bertz CT molecular complexity index is 921. The maximum Gasteiger partial charge on any atom is 0.328 e. The van der Waals surface area contributed by atoms with Gasteiger partial charge in [-0.3, -0.25) is 4.79 Å². The van der Waals surface area contributed by atoms with Crippen LogP contribution in [0.4, 0.5) is 0 Å². The monoisotopic (exact) mass is 472 g/mol. The third kappa shape index (κ3) is 7.37. The molecule has 2 aromatic rings. The SMILES string of the molecule is CCCC[C@@H]([C@H](C)OC(=O)[C@H](C)NC(=O)c1nccc(OC)c1O)[C@H](CC)Oc1ccccc1. The first-order valence-corrected chi connectivity index (χ1v) is 11.8. The fourth-order valence-electron chi connectivity index (χ4n) is 3.77. The number of aromatic nitrogens is 1. The van der Waals surface area contributed by atoms with Gasteiger partial charge in [-0.15, -0.1) is 0 Å². The third-order valence-corrected chi connectivity index (χ3v) is 5.73. The molecule has 0 aliphatic rings. The highest BCUT2D eigenvalue weighted by Gasteiger charge is 2.31. The fraction of sp³-hybridized carbons (Fsp3) is 0.500. The summed E-state index contributed by atoms with van der Waals surface area (Å²) in [6, 6.07) is 10.1. The van der Waals surface area contributed by atoms with Gasteiger partial charge in [-0.05, 0) is 38.8 Å². The van der Waals surface area contributed by atoms with Crippen LogP contribution in [0, 0.1) is 5.92 Å². The highest BCUT2D eigenvalue weighted by Crippen LogP contribution is 2.28. The number of pyridine rings is 1. The molecule has 0 unspecified atom stereocenters. The highest BCUT2D eigenvalue weighted by atomic mass is 16.5. The summed E-state index contributed by atoms with van der Waals surface area (Å²) in [5, 5.41) is 12.7. The Labute approximate surface area is 201 Å². The summed E-state index contributed by atoms with van der Waals surface area (Å²) in [6.45, 7) is 7.56. The Hall–Kier alpha value is -3.29. The predicted octanol–water partition coefficient (Wildman–Crippen LogP) is 4.51. The number of ether oxygens (including phenoxy) is 3. The minimum atomic E-state index is -0.940. The topological polar surface area (TPSA) is 107 Å². The van der Waals surface area contributed by atoms with Crippen LogP contribution in [-0.4, -0.2) is 47.3 Å². The van der Waals surface area contributed by atoms with Crippen LogP contribution in [0.5, 0.6) is 17.2 Å². The van der Waals surface area contributed by atoms with Crippen LogP contribution < -0.4 is 14.8 Å². The van der Waals surface area contributed by atoms with Crippen molar-refractivity contribution in [2.75, 3.05) is 7.11 Å². The standard InChI is InChI=1S/C26H36N2O6/c1-6-8-14-20(21(7-2)34-19-12-10-9-11-13-19)18(4)33-26(31)17(3)28-25(30)23-24(29)22(32-5)15-16-27-23/h9-13,15-18,20-21,29H,6-8,14H2,1-5H3,(H,28,30)/t17-,18-,20-,21-/m0/s1. The largest absolute Gasteiger partial charge is 0.503 e. The van der Waals surface area contributed by atoms with Crippen LogP contribution in [0.2, 0.25) is 0 Å². The maximum absolute atomic E-state index is 12.8. The maximum atomic E-state index is 12.8. The lowest BCUT2D eigenvalue weighted by Gasteiger charge is -2.32. The molecule has 0 saturated carbocycles. The number of carbonyl (C=O) groups excluding carboxylic acids is 2. The van der Waals surface area contributed by atoms with Crippen LogP contribution in [0.3, 0.4) is 0 Å². The second kappa shape index (κ2) is 13.4. The number of nitrogens with zero attached hydrogens (tertiary/aromatic N) is 1. The van der Waals surface area contributed by atoms with Gasteiger partial charge in [0.15, 0.2) is 17.2 Å². The van der Waals surface area contributed by atoms with E-state index in [1.807, 2.05) is 37.3 Å². The van der Waals surface area contributed by atoms with E-state index in [1.54, 1.807) is 0 Å². The highest BCUT2D eigenvalue weighted by molar-refractivity contribution is 5.97.